The molecular weight excluding hydrogens is 292 g/mol. The molecule has 0 aliphatic rings. The van der Waals surface area contributed by atoms with Crippen LogP contribution in [0.15, 0.2) is 51.7 Å². The normalized spacial score (nSPS) is 10.9. The van der Waals surface area contributed by atoms with Gasteiger partial charge in [-0.3, -0.25) is 9.36 Å². The molecule has 1 amide bonds. The van der Waals surface area contributed by atoms with Crippen LogP contribution in [0.5, 0.6) is 0 Å². The van der Waals surface area contributed by atoms with Gasteiger partial charge in [-0.15, -0.1) is 0 Å². The monoisotopic (exact) mass is 310 g/mol. The summed E-state index contributed by atoms with van der Waals surface area (Å²) in [5.74, 6) is -0.458. The third-order valence-electron chi connectivity index (χ3n) is 3.79. The largest absolute Gasteiger partial charge is 0.419 e. The van der Waals surface area contributed by atoms with Crippen LogP contribution < -0.4 is 11.1 Å². The van der Waals surface area contributed by atoms with Crippen molar-refractivity contribution in [2.24, 2.45) is 7.05 Å². The van der Waals surface area contributed by atoms with E-state index in [1.807, 2.05) is 37.3 Å². The fourth-order valence-corrected chi connectivity index (χ4v) is 2.55. The highest BCUT2D eigenvalue weighted by Crippen LogP contribution is 2.14. The van der Waals surface area contributed by atoms with Crippen molar-refractivity contribution in [3.05, 3.63) is 69.7 Å². The van der Waals surface area contributed by atoms with Gasteiger partial charge in [-0.05, 0) is 30.2 Å². The summed E-state index contributed by atoms with van der Waals surface area (Å²) in [7, 11) is 1.65. The Balaban J connectivity index is 1.68. The highest BCUT2D eigenvalue weighted by Gasteiger charge is 2.09. The van der Waals surface area contributed by atoms with Crippen LogP contribution in [0.3, 0.4) is 0 Å². The molecule has 0 radical (unpaired) electrons. The van der Waals surface area contributed by atoms with Gasteiger partial charge in [0.2, 0.25) is 5.91 Å². The summed E-state index contributed by atoms with van der Waals surface area (Å²) in [5.41, 5.74) is 4.31. The Morgan fingerprint density at radius 1 is 1.17 bits per heavy atom. The molecule has 0 aliphatic carbocycles. The number of aryl methyl sites for hydroxylation is 2. The van der Waals surface area contributed by atoms with Gasteiger partial charge in [0.15, 0.2) is 5.58 Å². The van der Waals surface area contributed by atoms with E-state index in [2.05, 4.69) is 5.32 Å². The quantitative estimate of drug-likeness (QED) is 0.804. The number of carbonyl (C=O) groups is 1. The zero-order valence-electron chi connectivity index (χ0n) is 13.1. The summed E-state index contributed by atoms with van der Waals surface area (Å²) in [5, 5.41) is 2.91. The molecule has 3 aromatic rings. The predicted molar refractivity (Wildman–Crippen MR) is 88.2 cm³/mol. The van der Waals surface area contributed by atoms with Gasteiger partial charge in [0.25, 0.3) is 0 Å². The maximum atomic E-state index is 12.1. The molecule has 1 N–H and O–H groups in total. The third kappa shape index (κ3) is 3.34. The molecule has 23 heavy (non-hydrogen) atoms. The Hall–Kier alpha value is -2.82. The molecule has 0 bridgehead atoms. The maximum Gasteiger partial charge on any atom is 0.419 e. The minimum Gasteiger partial charge on any atom is -0.408 e. The van der Waals surface area contributed by atoms with Crippen molar-refractivity contribution in [1.82, 2.24) is 9.88 Å². The first-order valence-electron chi connectivity index (χ1n) is 7.43. The first kappa shape index (κ1) is 15.1. The Kier molecular flexibility index (Phi) is 4.02. The molecule has 1 aromatic heterocycles. The zero-order chi connectivity index (χ0) is 16.4. The van der Waals surface area contributed by atoms with Gasteiger partial charge in [0.1, 0.15) is 0 Å². The van der Waals surface area contributed by atoms with E-state index in [0.29, 0.717) is 17.6 Å². The number of hydrogen-bond donors (Lipinski definition) is 1. The molecule has 5 nitrogen and oxygen atoms in total. The van der Waals surface area contributed by atoms with Gasteiger partial charge in [-0.25, -0.2) is 4.79 Å². The second-order valence-corrected chi connectivity index (χ2v) is 5.67. The van der Waals surface area contributed by atoms with E-state index >= 15 is 0 Å². The van der Waals surface area contributed by atoms with E-state index in [4.69, 9.17) is 4.42 Å². The van der Waals surface area contributed by atoms with Gasteiger partial charge >= 0.3 is 5.76 Å². The molecule has 0 fully saturated rings. The molecular formula is C18H18N2O3. The molecule has 5 heteroatoms. The fourth-order valence-electron chi connectivity index (χ4n) is 2.55. The number of oxazole rings is 1. The number of nitrogens with zero attached hydrogens (tertiary/aromatic N) is 1. The van der Waals surface area contributed by atoms with Crippen LogP contribution in [0.4, 0.5) is 0 Å². The van der Waals surface area contributed by atoms with E-state index in [9.17, 15) is 9.59 Å². The van der Waals surface area contributed by atoms with Crippen molar-refractivity contribution in [3.8, 4) is 0 Å². The number of benzene rings is 2. The molecule has 2 aromatic carbocycles. The minimum atomic E-state index is -0.402. The van der Waals surface area contributed by atoms with Crippen LogP contribution in [0, 0.1) is 6.92 Å². The molecule has 0 unspecified atom stereocenters. The number of rotatable bonds is 4. The van der Waals surface area contributed by atoms with Crippen molar-refractivity contribution >= 4 is 17.0 Å². The van der Waals surface area contributed by atoms with Crippen molar-refractivity contribution in [2.45, 2.75) is 19.9 Å². The van der Waals surface area contributed by atoms with Gasteiger partial charge in [-0.1, -0.05) is 35.9 Å². The number of nitrogens with one attached hydrogen (secondary N) is 1. The molecule has 3 rings (SSSR count). The van der Waals surface area contributed by atoms with Crippen LogP contribution in [-0.4, -0.2) is 10.5 Å². The SMILES string of the molecule is Cc1cccc(CNC(=O)Cc2ccc3oc(=O)n(C)c3c2)c1. The Morgan fingerprint density at radius 3 is 2.78 bits per heavy atom. The Bertz CT molecular complexity index is 921. The van der Waals surface area contributed by atoms with Crippen LogP contribution in [0.1, 0.15) is 16.7 Å². The molecule has 0 saturated carbocycles. The first-order valence-corrected chi connectivity index (χ1v) is 7.43. The molecule has 0 aliphatic heterocycles. The fraction of sp³-hybridized carbons (Fsp3) is 0.222. The Morgan fingerprint density at radius 2 is 2.00 bits per heavy atom. The number of hydrogen-bond acceptors (Lipinski definition) is 3. The van der Waals surface area contributed by atoms with Gasteiger partial charge in [0, 0.05) is 13.6 Å². The smallest absolute Gasteiger partial charge is 0.408 e. The standard InChI is InChI=1S/C18H18N2O3/c1-12-4-3-5-14(8-12)11-19-17(21)10-13-6-7-16-15(9-13)20(2)18(22)23-16/h3-9H,10-11H2,1-2H3,(H,19,21). The van der Waals surface area contributed by atoms with E-state index in [1.54, 1.807) is 19.2 Å². The van der Waals surface area contributed by atoms with E-state index < -0.39 is 5.76 Å². The second kappa shape index (κ2) is 6.12. The van der Waals surface area contributed by atoms with E-state index in [0.717, 1.165) is 11.1 Å². The molecule has 1 heterocycles. The average molecular weight is 310 g/mol. The lowest BCUT2D eigenvalue weighted by atomic mass is 10.1. The predicted octanol–water partition coefficient (Wildman–Crippen LogP) is 2.30. The van der Waals surface area contributed by atoms with Crippen molar-refractivity contribution in [1.29, 1.82) is 0 Å². The summed E-state index contributed by atoms with van der Waals surface area (Å²) in [6.07, 6.45) is 0.265. The average Bonchev–Trinajstić information content (AvgIpc) is 2.80. The zero-order valence-corrected chi connectivity index (χ0v) is 13.1. The van der Waals surface area contributed by atoms with Crippen LogP contribution in [0.25, 0.3) is 11.1 Å². The highest BCUT2D eigenvalue weighted by molar-refractivity contribution is 5.81. The van der Waals surface area contributed by atoms with Crippen molar-refractivity contribution in [3.63, 3.8) is 0 Å². The summed E-state index contributed by atoms with van der Waals surface area (Å²) in [6, 6.07) is 13.4. The number of fused-ring (bicyclic) bond motifs is 1. The lowest BCUT2D eigenvalue weighted by molar-refractivity contribution is -0.120. The first-order chi connectivity index (χ1) is 11.0. The number of aromatic nitrogens is 1. The van der Waals surface area contributed by atoms with Crippen LogP contribution in [0.2, 0.25) is 0 Å². The molecule has 0 spiro atoms. The molecule has 0 saturated heterocycles. The van der Waals surface area contributed by atoms with Gasteiger partial charge in [0.05, 0.1) is 11.9 Å². The number of amides is 1. The summed E-state index contributed by atoms with van der Waals surface area (Å²) < 4.78 is 6.52. The highest BCUT2D eigenvalue weighted by atomic mass is 16.4. The van der Waals surface area contributed by atoms with Crippen LogP contribution >= 0.6 is 0 Å². The maximum absolute atomic E-state index is 12.1. The van der Waals surface area contributed by atoms with E-state index in [-0.39, 0.29) is 12.3 Å². The van der Waals surface area contributed by atoms with Crippen molar-refractivity contribution in [2.75, 3.05) is 0 Å². The molecule has 118 valence electrons. The summed E-state index contributed by atoms with van der Waals surface area (Å²) in [6.45, 7) is 2.53. The lowest BCUT2D eigenvalue weighted by Crippen LogP contribution is -2.24. The second-order valence-electron chi connectivity index (χ2n) is 5.67. The summed E-state index contributed by atoms with van der Waals surface area (Å²) >= 11 is 0. The third-order valence-corrected chi connectivity index (χ3v) is 3.79. The molecule has 0 atom stereocenters. The summed E-state index contributed by atoms with van der Waals surface area (Å²) in [4.78, 5) is 23.6. The van der Waals surface area contributed by atoms with E-state index in [1.165, 1.54) is 10.1 Å². The van der Waals surface area contributed by atoms with Crippen molar-refractivity contribution < 1.29 is 9.21 Å². The lowest BCUT2D eigenvalue weighted by Gasteiger charge is -2.06. The number of carbonyl (C=O) groups excluding carboxylic acids is 1. The van der Waals surface area contributed by atoms with Crippen LogP contribution in [-0.2, 0) is 24.8 Å². The van der Waals surface area contributed by atoms with Gasteiger partial charge < -0.3 is 9.73 Å². The van der Waals surface area contributed by atoms with Gasteiger partial charge in [-0.2, -0.15) is 0 Å². The topological polar surface area (TPSA) is 64.2 Å². The Labute approximate surface area is 133 Å². The minimum absolute atomic E-state index is 0.0562.